The van der Waals surface area contributed by atoms with Gasteiger partial charge in [0.2, 0.25) is 0 Å². The first kappa shape index (κ1) is 9.98. The maximum absolute atomic E-state index is 5.60. The Labute approximate surface area is 92.8 Å². The van der Waals surface area contributed by atoms with Crippen molar-refractivity contribution in [3.8, 4) is 0 Å². The van der Waals surface area contributed by atoms with Gasteiger partial charge in [-0.15, -0.1) is 11.8 Å². The summed E-state index contributed by atoms with van der Waals surface area (Å²) in [5, 5.41) is 0. The summed E-state index contributed by atoms with van der Waals surface area (Å²) >= 11 is 1.72. The molecule has 2 aromatic rings. The molecule has 0 unspecified atom stereocenters. The first-order valence-corrected chi connectivity index (χ1v) is 5.56. The largest absolute Gasteiger partial charge is 0.399 e. The van der Waals surface area contributed by atoms with Crippen LogP contribution in [0.25, 0.3) is 0 Å². The highest BCUT2D eigenvalue weighted by molar-refractivity contribution is 7.98. The molecule has 0 amide bonds. The summed E-state index contributed by atoms with van der Waals surface area (Å²) in [6.45, 7) is 0. The summed E-state index contributed by atoms with van der Waals surface area (Å²) in [4.78, 5) is 9.41. The second kappa shape index (κ2) is 4.79. The summed E-state index contributed by atoms with van der Waals surface area (Å²) < 4.78 is 0. The molecule has 0 saturated heterocycles. The molecule has 0 fully saturated rings. The Morgan fingerprint density at radius 3 is 2.60 bits per heavy atom. The lowest BCUT2D eigenvalue weighted by Gasteiger charge is -2.01. The Morgan fingerprint density at radius 1 is 1.13 bits per heavy atom. The Kier molecular flexibility index (Phi) is 3.19. The zero-order valence-electron chi connectivity index (χ0n) is 8.13. The predicted octanol–water partition coefficient (Wildman–Crippen LogP) is 2.35. The SMILES string of the molecule is Nc1ccc(SCc2cnccn2)cc1. The average Bonchev–Trinajstić information content (AvgIpc) is 2.30. The molecule has 0 radical (unpaired) electrons. The summed E-state index contributed by atoms with van der Waals surface area (Å²) in [5.41, 5.74) is 7.38. The highest BCUT2D eigenvalue weighted by atomic mass is 32.2. The minimum atomic E-state index is 0.791. The van der Waals surface area contributed by atoms with E-state index in [-0.39, 0.29) is 0 Å². The number of nitrogen functional groups attached to an aromatic ring is 1. The molecule has 4 heteroatoms. The monoisotopic (exact) mass is 217 g/mol. The average molecular weight is 217 g/mol. The molecule has 0 spiro atoms. The van der Waals surface area contributed by atoms with Gasteiger partial charge in [0.1, 0.15) is 0 Å². The third-order valence-electron chi connectivity index (χ3n) is 1.88. The van der Waals surface area contributed by atoms with Crippen LogP contribution in [0.1, 0.15) is 5.69 Å². The van der Waals surface area contributed by atoms with Crippen molar-refractivity contribution in [2.45, 2.75) is 10.6 Å². The molecule has 15 heavy (non-hydrogen) atoms. The Morgan fingerprint density at radius 2 is 1.93 bits per heavy atom. The number of nitrogens with zero attached hydrogens (tertiary/aromatic N) is 2. The number of nitrogens with two attached hydrogens (primary N) is 1. The molecule has 3 nitrogen and oxygen atoms in total. The second-order valence-electron chi connectivity index (χ2n) is 3.05. The van der Waals surface area contributed by atoms with E-state index >= 15 is 0 Å². The number of hydrogen-bond donors (Lipinski definition) is 1. The van der Waals surface area contributed by atoms with Crippen LogP contribution in [0.2, 0.25) is 0 Å². The van der Waals surface area contributed by atoms with Crippen LogP contribution < -0.4 is 5.73 Å². The van der Waals surface area contributed by atoms with E-state index in [1.807, 2.05) is 24.3 Å². The molecule has 0 aliphatic rings. The normalized spacial score (nSPS) is 10.1. The molecule has 0 aliphatic carbocycles. The summed E-state index contributed by atoms with van der Waals surface area (Å²) in [6.07, 6.45) is 5.17. The van der Waals surface area contributed by atoms with Crippen LogP contribution in [0.15, 0.2) is 47.8 Å². The number of thioether (sulfide) groups is 1. The second-order valence-corrected chi connectivity index (χ2v) is 4.10. The van der Waals surface area contributed by atoms with Crippen molar-refractivity contribution in [3.63, 3.8) is 0 Å². The Bertz CT molecular complexity index is 414. The molecular weight excluding hydrogens is 206 g/mol. The molecule has 76 valence electrons. The lowest BCUT2D eigenvalue weighted by Crippen LogP contribution is -1.87. The third-order valence-corrected chi connectivity index (χ3v) is 2.93. The van der Waals surface area contributed by atoms with E-state index in [9.17, 15) is 0 Å². The zero-order chi connectivity index (χ0) is 10.5. The zero-order valence-corrected chi connectivity index (χ0v) is 8.95. The first-order chi connectivity index (χ1) is 7.34. The minimum absolute atomic E-state index is 0.791. The van der Waals surface area contributed by atoms with Crippen LogP contribution in [0.3, 0.4) is 0 Å². The standard InChI is InChI=1S/C11H11N3S/c12-9-1-3-11(4-2-9)15-8-10-7-13-5-6-14-10/h1-7H,8,12H2. The van der Waals surface area contributed by atoms with Crippen LogP contribution in [-0.2, 0) is 5.75 Å². The Balaban J connectivity index is 1.96. The van der Waals surface area contributed by atoms with Crippen molar-refractivity contribution < 1.29 is 0 Å². The van der Waals surface area contributed by atoms with Gasteiger partial charge in [-0.3, -0.25) is 9.97 Å². The molecule has 0 bridgehead atoms. The fourth-order valence-electron chi connectivity index (χ4n) is 1.13. The van der Waals surface area contributed by atoms with Crippen LogP contribution in [-0.4, -0.2) is 9.97 Å². The quantitative estimate of drug-likeness (QED) is 0.633. The lowest BCUT2D eigenvalue weighted by atomic mass is 10.3. The topological polar surface area (TPSA) is 51.8 Å². The van der Waals surface area contributed by atoms with Gasteiger partial charge in [0.05, 0.1) is 5.69 Å². The van der Waals surface area contributed by atoms with E-state index in [0.29, 0.717) is 0 Å². The van der Waals surface area contributed by atoms with Gasteiger partial charge in [0.25, 0.3) is 0 Å². The van der Waals surface area contributed by atoms with Crippen molar-refractivity contribution >= 4 is 17.4 Å². The van der Waals surface area contributed by atoms with Gasteiger partial charge < -0.3 is 5.73 Å². The summed E-state index contributed by atoms with van der Waals surface area (Å²) in [5.74, 6) is 0.831. The van der Waals surface area contributed by atoms with E-state index in [4.69, 9.17) is 5.73 Å². The third kappa shape index (κ3) is 2.95. The van der Waals surface area contributed by atoms with Gasteiger partial charge >= 0.3 is 0 Å². The van der Waals surface area contributed by atoms with Gasteiger partial charge in [-0.05, 0) is 24.3 Å². The van der Waals surface area contributed by atoms with Gasteiger partial charge in [0.15, 0.2) is 0 Å². The minimum Gasteiger partial charge on any atom is -0.399 e. The number of benzene rings is 1. The maximum Gasteiger partial charge on any atom is 0.0689 e. The van der Waals surface area contributed by atoms with E-state index in [0.717, 1.165) is 17.1 Å². The van der Waals surface area contributed by atoms with E-state index < -0.39 is 0 Å². The molecular formula is C11H11N3S. The lowest BCUT2D eigenvalue weighted by molar-refractivity contribution is 1.10. The first-order valence-electron chi connectivity index (χ1n) is 4.58. The van der Waals surface area contributed by atoms with Crippen molar-refractivity contribution in [2.24, 2.45) is 0 Å². The van der Waals surface area contributed by atoms with E-state index in [2.05, 4.69) is 9.97 Å². The van der Waals surface area contributed by atoms with Crippen molar-refractivity contribution in [2.75, 3.05) is 5.73 Å². The van der Waals surface area contributed by atoms with Gasteiger partial charge in [-0.2, -0.15) is 0 Å². The molecule has 1 aromatic carbocycles. The van der Waals surface area contributed by atoms with E-state index in [1.54, 1.807) is 30.4 Å². The van der Waals surface area contributed by atoms with Crippen LogP contribution in [0.4, 0.5) is 5.69 Å². The van der Waals surface area contributed by atoms with Gasteiger partial charge in [-0.25, -0.2) is 0 Å². The number of aromatic nitrogens is 2. The smallest absolute Gasteiger partial charge is 0.0689 e. The van der Waals surface area contributed by atoms with Crippen LogP contribution in [0.5, 0.6) is 0 Å². The number of anilines is 1. The van der Waals surface area contributed by atoms with Crippen LogP contribution >= 0.6 is 11.8 Å². The summed E-state index contributed by atoms with van der Waals surface area (Å²) in [7, 11) is 0. The molecule has 2 N–H and O–H groups in total. The summed E-state index contributed by atoms with van der Waals surface area (Å²) in [6, 6.07) is 7.82. The fourth-order valence-corrected chi connectivity index (χ4v) is 1.92. The molecule has 1 heterocycles. The number of hydrogen-bond acceptors (Lipinski definition) is 4. The van der Waals surface area contributed by atoms with Crippen molar-refractivity contribution in [1.29, 1.82) is 0 Å². The molecule has 0 aliphatic heterocycles. The van der Waals surface area contributed by atoms with E-state index in [1.165, 1.54) is 4.90 Å². The van der Waals surface area contributed by atoms with Gasteiger partial charge in [0, 0.05) is 34.9 Å². The highest BCUT2D eigenvalue weighted by Crippen LogP contribution is 2.22. The molecule has 2 rings (SSSR count). The van der Waals surface area contributed by atoms with Crippen molar-refractivity contribution in [1.82, 2.24) is 9.97 Å². The van der Waals surface area contributed by atoms with Crippen molar-refractivity contribution in [3.05, 3.63) is 48.5 Å². The maximum atomic E-state index is 5.60. The molecule has 0 atom stereocenters. The highest BCUT2D eigenvalue weighted by Gasteiger charge is 1.96. The van der Waals surface area contributed by atoms with Crippen LogP contribution in [0, 0.1) is 0 Å². The fraction of sp³-hybridized carbons (Fsp3) is 0.0909. The Hall–Kier alpha value is -1.55. The molecule has 0 saturated carbocycles. The van der Waals surface area contributed by atoms with Gasteiger partial charge in [-0.1, -0.05) is 0 Å². The predicted molar refractivity (Wildman–Crippen MR) is 62.4 cm³/mol. The molecule has 1 aromatic heterocycles. The number of rotatable bonds is 3.